The molecule has 0 saturated carbocycles. The second-order valence-electron chi connectivity index (χ2n) is 18.3. The molecule has 9 nitrogen and oxygen atoms in total. The molecule has 7 atom stereocenters. The van der Waals surface area contributed by atoms with Gasteiger partial charge in [-0.1, -0.05) is 222 Å². The quantitative estimate of drug-likeness (QED) is 0.0261. The van der Waals surface area contributed by atoms with Gasteiger partial charge in [-0.25, -0.2) is 0 Å². The summed E-state index contributed by atoms with van der Waals surface area (Å²) in [4.78, 5) is 13.0. The average Bonchev–Trinajstić information content (AvgIpc) is 3.31. The van der Waals surface area contributed by atoms with Gasteiger partial charge in [0.15, 0.2) is 6.29 Å². The molecule has 6 N–H and O–H groups in total. The van der Waals surface area contributed by atoms with Gasteiger partial charge in [0.2, 0.25) is 5.91 Å². The molecule has 0 spiro atoms. The highest BCUT2D eigenvalue weighted by molar-refractivity contribution is 5.76. The van der Waals surface area contributed by atoms with Crippen LogP contribution in [0.2, 0.25) is 0 Å². The number of allylic oxidation sites excluding steroid dienone is 11. The van der Waals surface area contributed by atoms with Crippen molar-refractivity contribution in [1.29, 1.82) is 0 Å². The maximum absolute atomic E-state index is 13.0. The lowest BCUT2D eigenvalue weighted by Gasteiger charge is -2.40. The van der Waals surface area contributed by atoms with Crippen molar-refractivity contribution in [3.63, 3.8) is 0 Å². The summed E-state index contributed by atoms with van der Waals surface area (Å²) in [5.41, 5.74) is 0. The summed E-state index contributed by atoms with van der Waals surface area (Å²) in [6.07, 6.45) is 55.2. The molecule has 1 rings (SSSR count). The highest BCUT2D eigenvalue weighted by atomic mass is 16.7. The second-order valence-corrected chi connectivity index (χ2v) is 18.3. The van der Waals surface area contributed by atoms with E-state index in [-0.39, 0.29) is 12.5 Å². The Balaban J connectivity index is 2.31. The topological polar surface area (TPSA) is 149 Å². The molecule has 7 unspecified atom stereocenters. The summed E-state index contributed by atoms with van der Waals surface area (Å²) in [7, 11) is 0. The molecule has 65 heavy (non-hydrogen) atoms. The van der Waals surface area contributed by atoms with Gasteiger partial charge in [0.25, 0.3) is 0 Å². The Morgan fingerprint density at radius 2 is 0.954 bits per heavy atom. The van der Waals surface area contributed by atoms with E-state index >= 15 is 0 Å². The molecule has 0 radical (unpaired) electrons. The van der Waals surface area contributed by atoms with E-state index in [9.17, 15) is 30.3 Å². The van der Waals surface area contributed by atoms with Gasteiger partial charge < -0.3 is 40.3 Å². The van der Waals surface area contributed by atoms with E-state index in [1.807, 2.05) is 6.08 Å². The third-order valence-electron chi connectivity index (χ3n) is 12.3. The first-order valence-corrected chi connectivity index (χ1v) is 26.7. The van der Waals surface area contributed by atoms with Crippen LogP contribution in [0.3, 0.4) is 0 Å². The van der Waals surface area contributed by atoms with Crippen LogP contribution >= 0.6 is 0 Å². The van der Waals surface area contributed by atoms with E-state index in [1.165, 1.54) is 122 Å². The van der Waals surface area contributed by atoms with Gasteiger partial charge in [0.1, 0.15) is 24.4 Å². The van der Waals surface area contributed by atoms with Gasteiger partial charge in [-0.2, -0.15) is 0 Å². The van der Waals surface area contributed by atoms with Crippen LogP contribution in [0.25, 0.3) is 0 Å². The first kappa shape index (κ1) is 60.6. The Hall–Kier alpha value is -2.37. The lowest BCUT2D eigenvalue weighted by atomic mass is 9.99. The first-order chi connectivity index (χ1) is 31.8. The van der Waals surface area contributed by atoms with E-state index in [0.717, 1.165) is 70.6 Å². The van der Waals surface area contributed by atoms with E-state index in [2.05, 4.69) is 79.9 Å². The molecule has 0 aliphatic carbocycles. The molecule has 0 aromatic carbocycles. The lowest BCUT2D eigenvalue weighted by molar-refractivity contribution is -0.302. The van der Waals surface area contributed by atoms with Gasteiger partial charge in [0, 0.05) is 6.42 Å². The van der Waals surface area contributed by atoms with Crippen LogP contribution in [0, 0.1) is 0 Å². The van der Waals surface area contributed by atoms with Gasteiger partial charge in [-0.05, 0) is 64.2 Å². The smallest absolute Gasteiger partial charge is 0.220 e. The molecule has 0 aromatic rings. The van der Waals surface area contributed by atoms with Crippen molar-refractivity contribution in [2.24, 2.45) is 0 Å². The van der Waals surface area contributed by atoms with E-state index < -0.39 is 49.5 Å². The summed E-state index contributed by atoms with van der Waals surface area (Å²) in [6.45, 7) is 3.65. The second kappa shape index (κ2) is 45.4. The minimum atomic E-state index is -1.58. The third kappa shape index (κ3) is 35.4. The molecule has 1 amide bonds. The summed E-state index contributed by atoms with van der Waals surface area (Å²) < 4.78 is 11.2. The van der Waals surface area contributed by atoms with Crippen LogP contribution in [0.1, 0.15) is 219 Å². The molecule has 1 aliphatic heterocycles. The van der Waals surface area contributed by atoms with Crippen LogP contribution in [0.15, 0.2) is 72.9 Å². The normalized spacial score (nSPS) is 20.5. The Kier molecular flexibility index (Phi) is 42.4. The summed E-state index contributed by atoms with van der Waals surface area (Å²) in [5, 5.41) is 54.4. The van der Waals surface area contributed by atoms with Crippen molar-refractivity contribution in [2.45, 2.75) is 262 Å². The van der Waals surface area contributed by atoms with Crippen LogP contribution in [-0.2, 0) is 14.3 Å². The summed E-state index contributed by atoms with van der Waals surface area (Å²) >= 11 is 0. The number of carbonyl (C=O) groups is 1. The average molecular weight is 914 g/mol. The Morgan fingerprint density at radius 1 is 0.538 bits per heavy atom. The van der Waals surface area contributed by atoms with Gasteiger partial charge in [-0.3, -0.25) is 4.79 Å². The number of aliphatic hydroxyl groups is 5. The number of aliphatic hydroxyl groups excluding tert-OH is 5. The zero-order chi connectivity index (χ0) is 47.3. The van der Waals surface area contributed by atoms with Crippen LogP contribution in [0.4, 0.5) is 0 Å². The van der Waals surface area contributed by atoms with E-state index in [4.69, 9.17) is 9.47 Å². The molecule has 376 valence electrons. The Labute approximate surface area is 398 Å². The number of unbranched alkanes of at least 4 members (excludes halogenated alkanes) is 24. The number of carbonyl (C=O) groups excluding carboxylic acids is 1. The minimum absolute atomic E-state index is 0.205. The number of rotatable bonds is 44. The van der Waals surface area contributed by atoms with Crippen molar-refractivity contribution < 1.29 is 39.8 Å². The SMILES string of the molecule is CC/C=C\C/C=C\C/C=C\C/C=C\C/C=C\CCCCCC(=O)NC(COC1OC(CO)C(O)C(O)C1O)C(O)/C=C/CCCCCCCCCCCCCCCCCCCCCCC. The molecule has 1 aliphatic rings. The van der Waals surface area contributed by atoms with Crippen molar-refractivity contribution in [2.75, 3.05) is 13.2 Å². The monoisotopic (exact) mass is 914 g/mol. The molecule has 1 saturated heterocycles. The van der Waals surface area contributed by atoms with Crippen molar-refractivity contribution >= 4 is 5.91 Å². The van der Waals surface area contributed by atoms with Crippen molar-refractivity contribution in [3.8, 4) is 0 Å². The standard InChI is InChI=1S/C56H99NO8/c1-3-5-7-9-11-13-15-17-19-21-23-24-25-26-28-29-31-33-35-37-39-41-43-45-50(59)49(48-64-56-55(63)54(62)53(61)51(47-58)65-56)57-52(60)46-44-42-40-38-36-34-32-30-27-22-20-18-16-14-12-10-8-6-4-2/h6,8,12,14,18,20,27,30,34,36,43,45,49-51,53-56,58-59,61-63H,3-5,7,9-11,13,15-17,19,21-26,28-29,31-33,35,37-42,44,46-48H2,1-2H3,(H,57,60)/b8-6-,14-12-,20-18-,30-27-,36-34-,45-43+. The van der Waals surface area contributed by atoms with Crippen LogP contribution < -0.4 is 5.32 Å². The predicted octanol–water partition coefficient (Wildman–Crippen LogP) is 12.5. The molecule has 1 fully saturated rings. The zero-order valence-corrected chi connectivity index (χ0v) is 41.5. The fourth-order valence-electron chi connectivity index (χ4n) is 8.07. The Bertz CT molecular complexity index is 1240. The number of amides is 1. The summed E-state index contributed by atoms with van der Waals surface area (Å²) in [5.74, 6) is -0.209. The highest BCUT2D eigenvalue weighted by Gasteiger charge is 2.44. The lowest BCUT2D eigenvalue weighted by Crippen LogP contribution is -2.60. The molecular formula is C56H99NO8. The third-order valence-corrected chi connectivity index (χ3v) is 12.3. The number of hydrogen-bond donors (Lipinski definition) is 6. The maximum atomic E-state index is 13.0. The van der Waals surface area contributed by atoms with Crippen LogP contribution in [-0.4, -0.2) is 87.5 Å². The molecule has 0 bridgehead atoms. The van der Waals surface area contributed by atoms with Crippen LogP contribution in [0.5, 0.6) is 0 Å². The number of hydrogen-bond acceptors (Lipinski definition) is 8. The molecular weight excluding hydrogens is 815 g/mol. The number of ether oxygens (including phenoxy) is 2. The largest absolute Gasteiger partial charge is 0.394 e. The predicted molar refractivity (Wildman–Crippen MR) is 272 cm³/mol. The van der Waals surface area contributed by atoms with Gasteiger partial charge in [0.05, 0.1) is 25.4 Å². The number of nitrogens with one attached hydrogen (secondary N) is 1. The van der Waals surface area contributed by atoms with E-state index in [0.29, 0.717) is 12.8 Å². The van der Waals surface area contributed by atoms with Crippen molar-refractivity contribution in [1.82, 2.24) is 5.32 Å². The Morgan fingerprint density at radius 3 is 1.42 bits per heavy atom. The highest BCUT2D eigenvalue weighted by Crippen LogP contribution is 2.23. The van der Waals surface area contributed by atoms with Gasteiger partial charge in [-0.15, -0.1) is 0 Å². The van der Waals surface area contributed by atoms with Crippen molar-refractivity contribution in [3.05, 3.63) is 72.9 Å². The molecule has 1 heterocycles. The molecule has 0 aromatic heterocycles. The maximum Gasteiger partial charge on any atom is 0.220 e. The first-order valence-electron chi connectivity index (χ1n) is 26.7. The summed E-state index contributed by atoms with van der Waals surface area (Å²) in [6, 6.07) is -0.827. The fraction of sp³-hybridized carbons (Fsp3) is 0.768. The van der Waals surface area contributed by atoms with Gasteiger partial charge >= 0.3 is 0 Å². The zero-order valence-electron chi connectivity index (χ0n) is 41.5. The molecule has 9 heteroatoms. The fourth-order valence-corrected chi connectivity index (χ4v) is 8.07. The minimum Gasteiger partial charge on any atom is -0.394 e. The van der Waals surface area contributed by atoms with E-state index in [1.54, 1.807) is 6.08 Å².